The summed E-state index contributed by atoms with van der Waals surface area (Å²) in [5.41, 5.74) is 0.384. The van der Waals surface area contributed by atoms with Gasteiger partial charge in [-0.1, -0.05) is 19.0 Å². The van der Waals surface area contributed by atoms with Crippen LogP contribution in [0.15, 0.2) is 4.52 Å². The Morgan fingerprint density at radius 1 is 1.26 bits per heavy atom. The molecule has 0 aromatic carbocycles. The highest BCUT2D eigenvalue weighted by Crippen LogP contribution is 2.57. The summed E-state index contributed by atoms with van der Waals surface area (Å²) in [6.07, 6.45) is 7.45. The van der Waals surface area contributed by atoms with Crippen LogP contribution in [0.2, 0.25) is 0 Å². The van der Waals surface area contributed by atoms with E-state index >= 15 is 0 Å². The van der Waals surface area contributed by atoms with E-state index in [9.17, 15) is 0 Å². The Hall–Kier alpha value is -0.900. The van der Waals surface area contributed by atoms with Gasteiger partial charge in [0.15, 0.2) is 5.82 Å². The summed E-state index contributed by atoms with van der Waals surface area (Å²) >= 11 is 0. The summed E-state index contributed by atoms with van der Waals surface area (Å²) in [6, 6.07) is 1.49. The van der Waals surface area contributed by atoms with E-state index in [1.54, 1.807) is 0 Å². The third-order valence-electron chi connectivity index (χ3n) is 5.34. The lowest BCUT2D eigenvalue weighted by atomic mass is 9.90. The van der Waals surface area contributed by atoms with Gasteiger partial charge in [0.05, 0.1) is 0 Å². The van der Waals surface area contributed by atoms with Crippen molar-refractivity contribution in [3.63, 3.8) is 0 Å². The Bertz CT molecular complexity index is 469. The first-order valence-electron chi connectivity index (χ1n) is 7.69. The van der Waals surface area contributed by atoms with Crippen LogP contribution in [0.25, 0.3) is 0 Å². The monoisotopic (exact) mass is 261 g/mol. The van der Waals surface area contributed by atoms with Crippen LogP contribution in [0.5, 0.6) is 0 Å². The Kier molecular flexibility index (Phi) is 2.53. The molecule has 1 aromatic heterocycles. The van der Waals surface area contributed by atoms with E-state index in [0.29, 0.717) is 11.3 Å². The van der Waals surface area contributed by atoms with Gasteiger partial charge in [-0.3, -0.25) is 0 Å². The number of nitrogens with one attached hydrogen (secondary N) is 1. The SMILES string of the molecule is CC1(C)CC1c1noc(CC2CC3CCC(C2)N3)n1. The van der Waals surface area contributed by atoms with Crippen molar-refractivity contribution in [1.29, 1.82) is 0 Å². The maximum Gasteiger partial charge on any atom is 0.226 e. The lowest BCUT2D eigenvalue weighted by molar-refractivity contribution is 0.270. The van der Waals surface area contributed by atoms with Gasteiger partial charge in [-0.05, 0) is 43.4 Å². The number of nitrogens with zero attached hydrogens (tertiary/aromatic N) is 2. The topological polar surface area (TPSA) is 51.0 Å². The van der Waals surface area contributed by atoms with Gasteiger partial charge in [0, 0.05) is 24.4 Å². The maximum absolute atomic E-state index is 5.47. The van der Waals surface area contributed by atoms with Gasteiger partial charge >= 0.3 is 0 Å². The molecule has 0 amide bonds. The molecule has 4 nitrogen and oxygen atoms in total. The molecule has 0 spiro atoms. The van der Waals surface area contributed by atoms with Gasteiger partial charge in [-0.15, -0.1) is 0 Å². The molecule has 1 aliphatic carbocycles. The number of piperidine rings is 1. The third kappa shape index (κ3) is 2.20. The first-order valence-corrected chi connectivity index (χ1v) is 7.69. The van der Waals surface area contributed by atoms with Gasteiger partial charge in [-0.2, -0.15) is 4.98 Å². The smallest absolute Gasteiger partial charge is 0.226 e. The molecule has 4 rings (SSSR count). The van der Waals surface area contributed by atoms with E-state index in [2.05, 4.69) is 29.3 Å². The molecule has 1 aromatic rings. The zero-order chi connectivity index (χ0) is 13.0. The number of aromatic nitrogens is 2. The van der Waals surface area contributed by atoms with E-state index in [-0.39, 0.29) is 0 Å². The summed E-state index contributed by atoms with van der Waals surface area (Å²) < 4.78 is 5.47. The minimum atomic E-state index is 0.384. The van der Waals surface area contributed by atoms with Crippen molar-refractivity contribution in [1.82, 2.24) is 15.5 Å². The number of fused-ring (bicyclic) bond motifs is 2. The molecule has 2 aliphatic heterocycles. The molecule has 1 saturated carbocycles. The van der Waals surface area contributed by atoms with Crippen molar-refractivity contribution in [3.8, 4) is 0 Å². The van der Waals surface area contributed by atoms with Crippen molar-refractivity contribution in [3.05, 3.63) is 11.7 Å². The van der Waals surface area contributed by atoms with Crippen molar-refractivity contribution >= 4 is 0 Å². The predicted octanol–water partition coefficient (Wildman–Crippen LogP) is 2.66. The van der Waals surface area contributed by atoms with Crippen molar-refractivity contribution in [2.24, 2.45) is 11.3 Å². The Morgan fingerprint density at radius 3 is 2.58 bits per heavy atom. The lowest BCUT2D eigenvalue weighted by Crippen LogP contribution is -2.38. The number of hydrogen-bond acceptors (Lipinski definition) is 4. The average molecular weight is 261 g/mol. The van der Waals surface area contributed by atoms with E-state index in [1.165, 1.54) is 32.1 Å². The predicted molar refractivity (Wildman–Crippen MR) is 71.8 cm³/mol. The number of rotatable bonds is 3. The Balaban J connectivity index is 1.41. The van der Waals surface area contributed by atoms with Crippen LogP contribution in [-0.2, 0) is 6.42 Å². The summed E-state index contributed by atoms with van der Waals surface area (Å²) in [5, 5.41) is 7.87. The molecule has 4 heteroatoms. The summed E-state index contributed by atoms with van der Waals surface area (Å²) in [6.45, 7) is 4.55. The van der Waals surface area contributed by atoms with Crippen LogP contribution in [0.4, 0.5) is 0 Å². The molecule has 0 radical (unpaired) electrons. The van der Waals surface area contributed by atoms with Crippen LogP contribution in [-0.4, -0.2) is 22.2 Å². The number of hydrogen-bond donors (Lipinski definition) is 1. The molecule has 104 valence electrons. The lowest BCUT2D eigenvalue weighted by Gasteiger charge is -2.28. The van der Waals surface area contributed by atoms with E-state index in [4.69, 9.17) is 4.52 Å². The fourth-order valence-electron chi connectivity index (χ4n) is 3.99. The van der Waals surface area contributed by atoms with Gasteiger partial charge < -0.3 is 9.84 Å². The minimum absolute atomic E-state index is 0.384. The van der Waals surface area contributed by atoms with Gasteiger partial charge in [-0.25, -0.2) is 0 Å². The van der Waals surface area contributed by atoms with Crippen molar-refractivity contribution in [2.45, 2.75) is 70.4 Å². The van der Waals surface area contributed by atoms with Gasteiger partial charge in [0.2, 0.25) is 5.89 Å². The highest BCUT2D eigenvalue weighted by molar-refractivity contribution is 5.14. The Labute approximate surface area is 114 Å². The molecule has 3 aliphatic rings. The molecular formula is C15H23N3O. The second-order valence-corrected chi connectivity index (χ2v) is 7.47. The molecule has 3 heterocycles. The highest BCUT2D eigenvalue weighted by Gasteiger charge is 2.49. The van der Waals surface area contributed by atoms with Gasteiger partial charge in [0.1, 0.15) is 0 Å². The average Bonchev–Trinajstić information content (AvgIpc) is 2.74. The largest absolute Gasteiger partial charge is 0.339 e. The van der Waals surface area contributed by atoms with E-state index in [0.717, 1.165) is 36.1 Å². The summed E-state index contributed by atoms with van der Waals surface area (Å²) in [5.74, 6) is 3.06. The van der Waals surface area contributed by atoms with E-state index in [1.807, 2.05) is 0 Å². The third-order valence-corrected chi connectivity index (χ3v) is 5.34. The van der Waals surface area contributed by atoms with Crippen molar-refractivity contribution < 1.29 is 4.52 Å². The molecule has 3 fully saturated rings. The van der Waals surface area contributed by atoms with E-state index < -0.39 is 0 Å². The molecule has 2 bridgehead atoms. The molecule has 19 heavy (non-hydrogen) atoms. The molecule has 3 atom stereocenters. The molecular weight excluding hydrogens is 238 g/mol. The highest BCUT2D eigenvalue weighted by atomic mass is 16.5. The fourth-order valence-corrected chi connectivity index (χ4v) is 3.99. The first-order chi connectivity index (χ1) is 9.10. The summed E-state index contributed by atoms with van der Waals surface area (Å²) in [4.78, 5) is 4.63. The van der Waals surface area contributed by atoms with Crippen LogP contribution in [0.1, 0.15) is 63.6 Å². The van der Waals surface area contributed by atoms with Gasteiger partial charge in [0.25, 0.3) is 0 Å². The van der Waals surface area contributed by atoms with Crippen LogP contribution in [0.3, 0.4) is 0 Å². The minimum Gasteiger partial charge on any atom is -0.339 e. The maximum atomic E-state index is 5.47. The second-order valence-electron chi connectivity index (χ2n) is 7.47. The normalized spacial score (nSPS) is 39.5. The van der Waals surface area contributed by atoms with Crippen molar-refractivity contribution in [2.75, 3.05) is 0 Å². The molecule has 3 unspecified atom stereocenters. The zero-order valence-electron chi connectivity index (χ0n) is 11.9. The Morgan fingerprint density at radius 2 is 1.95 bits per heavy atom. The molecule has 2 saturated heterocycles. The molecule has 1 N–H and O–H groups in total. The quantitative estimate of drug-likeness (QED) is 0.909. The van der Waals surface area contributed by atoms with Crippen LogP contribution < -0.4 is 5.32 Å². The summed E-state index contributed by atoms with van der Waals surface area (Å²) in [7, 11) is 0. The zero-order valence-corrected chi connectivity index (χ0v) is 11.9. The van der Waals surface area contributed by atoms with Crippen LogP contribution >= 0.6 is 0 Å². The second kappa shape index (κ2) is 4.05. The fraction of sp³-hybridized carbons (Fsp3) is 0.867. The standard InChI is InChI=1S/C15H23N3O/c1-15(2)8-12(15)14-17-13(19-18-14)7-9-5-10-3-4-11(6-9)16-10/h9-12,16H,3-8H2,1-2H3. The first kappa shape index (κ1) is 11.9. The van der Waals surface area contributed by atoms with Crippen LogP contribution in [0, 0.1) is 11.3 Å².